The van der Waals surface area contributed by atoms with Gasteiger partial charge >= 0.3 is 5.97 Å². The highest BCUT2D eigenvalue weighted by Gasteiger charge is 2.20. The number of nitrogens with one attached hydrogen (secondary N) is 2. The molecule has 0 amide bonds. The summed E-state index contributed by atoms with van der Waals surface area (Å²) in [5, 5.41) is 7.47. The second-order valence-electron chi connectivity index (χ2n) is 7.43. The third-order valence-electron chi connectivity index (χ3n) is 4.34. The van der Waals surface area contributed by atoms with Gasteiger partial charge in [-0.15, -0.1) is 11.3 Å². The molecule has 1 aromatic carbocycles. The number of guanidine groups is 1. The van der Waals surface area contributed by atoms with Crippen molar-refractivity contribution in [1.29, 1.82) is 0 Å². The van der Waals surface area contributed by atoms with Gasteiger partial charge in [0.2, 0.25) is 0 Å². The van der Waals surface area contributed by atoms with Crippen LogP contribution in [0.5, 0.6) is 0 Å². The first-order valence-electron chi connectivity index (χ1n) is 10.7. The zero-order valence-electron chi connectivity index (χ0n) is 19.3. The van der Waals surface area contributed by atoms with Crippen molar-refractivity contribution in [1.82, 2.24) is 15.6 Å². The second-order valence-corrected chi connectivity index (χ2v) is 8.46. The number of carbonyl (C=O) groups is 1. The Bertz CT molecular complexity index is 879. The molecule has 7 nitrogen and oxygen atoms in total. The normalized spacial score (nSPS) is 12.7. The fraction of sp³-hybridized carbons (Fsp3) is 0.522. The maximum Gasteiger partial charge on any atom is 0.350 e. The lowest BCUT2D eigenvalue weighted by molar-refractivity contribution is 0.0531. The fourth-order valence-electron chi connectivity index (χ4n) is 2.83. The van der Waals surface area contributed by atoms with Gasteiger partial charge in [0.05, 0.1) is 37.6 Å². The monoisotopic (exact) mass is 446 g/mol. The van der Waals surface area contributed by atoms with E-state index in [2.05, 4.69) is 33.8 Å². The van der Waals surface area contributed by atoms with Crippen LogP contribution in [0.4, 0.5) is 0 Å². The molecule has 2 aromatic rings. The molecule has 1 atom stereocenters. The van der Waals surface area contributed by atoms with Crippen molar-refractivity contribution >= 4 is 23.3 Å². The minimum absolute atomic E-state index is 0.101. The second kappa shape index (κ2) is 12.4. The zero-order valence-corrected chi connectivity index (χ0v) is 20.1. The fourth-order valence-corrected chi connectivity index (χ4v) is 3.79. The van der Waals surface area contributed by atoms with Crippen molar-refractivity contribution in [2.45, 2.75) is 66.8 Å². The Morgan fingerprint density at radius 3 is 2.65 bits per heavy atom. The van der Waals surface area contributed by atoms with E-state index in [1.54, 1.807) is 6.92 Å². The number of rotatable bonds is 10. The number of aromatic nitrogens is 1. The average molecular weight is 447 g/mol. The van der Waals surface area contributed by atoms with E-state index in [9.17, 15) is 4.79 Å². The zero-order chi connectivity index (χ0) is 22.8. The van der Waals surface area contributed by atoms with Gasteiger partial charge in [-0.1, -0.05) is 24.3 Å². The summed E-state index contributed by atoms with van der Waals surface area (Å²) in [6.45, 7) is 13.9. The molecular formula is C23H34N4O3S. The number of benzene rings is 1. The predicted molar refractivity (Wildman–Crippen MR) is 126 cm³/mol. The number of esters is 1. The summed E-state index contributed by atoms with van der Waals surface area (Å²) in [7, 11) is 0. The van der Waals surface area contributed by atoms with Crippen LogP contribution in [-0.2, 0) is 22.6 Å². The number of nitrogens with zero attached hydrogens (tertiary/aromatic N) is 2. The first kappa shape index (κ1) is 24.8. The van der Waals surface area contributed by atoms with Gasteiger partial charge in [0, 0.05) is 6.54 Å². The van der Waals surface area contributed by atoms with Crippen molar-refractivity contribution in [3.8, 4) is 0 Å². The molecule has 0 fully saturated rings. The van der Waals surface area contributed by atoms with Crippen LogP contribution in [-0.4, -0.2) is 36.2 Å². The Hall–Kier alpha value is -2.45. The number of hydrogen-bond acceptors (Lipinski definition) is 6. The van der Waals surface area contributed by atoms with Crippen LogP contribution in [0.2, 0.25) is 0 Å². The molecule has 0 aliphatic rings. The van der Waals surface area contributed by atoms with Crippen molar-refractivity contribution in [2.24, 2.45) is 4.99 Å². The van der Waals surface area contributed by atoms with E-state index in [4.69, 9.17) is 14.5 Å². The first-order valence-corrected chi connectivity index (χ1v) is 11.5. The highest BCUT2D eigenvalue weighted by molar-refractivity contribution is 7.13. The molecule has 0 aliphatic carbocycles. The Morgan fingerprint density at radius 2 is 1.97 bits per heavy atom. The molecule has 0 aliphatic heterocycles. The predicted octanol–water partition coefficient (Wildman–Crippen LogP) is 4.37. The van der Waals surface area contributed by atoms with Crippen LogP contribution in [0.1, 0.15) is 72.2 Å². The molecule has 1 aromatic heterocycles. The Labute approximate surface area is 189 Å². The van der Waals surface area contributed by atoms with Crippen LogP contribution >= 0.6 is 11.3 Å². The summed E-state index contributed by atoms with van der Waals surface area (Å²) in [4.78, 5) is 21.9. The highest BCUT2D eigenvalue weighted by Crippen LogP contribution is 2.24. The highest BCUT2D eigenvalue weighted by atomic mass is 32.1. The molecule has 0 saturated carbocycles. The molecule has 0 spiro atoms. The smallest absolute Gasteiger partial charge is 0.350 e. The van der Waals surface area contributed by atoms with Crippen LogP contribution in [0.15, 0.2) is 29.3 Å². The summed E-state index contributed by atoms with van der Waals surface area (Å²) in [6, 6.07) is 8.17. The van der Waals surface area contributed by atoms with Gasteiger partial charge in [0.15, 0.2) is 5.96 Å². The number of hydrogen-bond donors (Lipinski definition) is 2. The molecule has 170 valence electrons. The van der Waals surface area contributed by atoms with Gasteiger partial charge in [0.25, 0.3) is 0 Å². The Kier molecular flexibility index (Phi) is 9.94. The van der Waals surface area contributed by atoms with Crippen LogP contribution < -0.4 is 10.6 Å². The number of aliphatic imine (C=N–C) groups is 1. The molecular weight excluding hydrogens is 412 g/mol. The van der Waals surface area contributed by atoms with E-state index in [0.717, 1.165) is 22.7 Å². The summed E-state index contributed by atoms with van der Waals surface area (Å²) < 4.78 is 10.8. The summed E-state index contributed by atoms with van der Waals surface area (Å²) in [5.41, 5.74) is 2.94. The Balaban J connectivity index is 2.07. The largest absolute Gasteiger partial charge is 0.462 e. The van der Waals surface area contributed by atoms with Gasteiger partial charge in [-0.2, -0.15) is 0 Å². The average Bonchev–Trinajstić information content (AvgIpc) is 3.13. The van der Waals surface area contributed by atoms with Crippen LogP contribution in [0, 0.1) is 6.92 Å². The maximum atomic E-state index is 12.1. The van der Waals surface area contributed by atoms with Crippen molar-refractivity contribution in [2.75, 3.05) is 13.2 Å². The lowest BCUT2D eigenvalue weighted by atomic mass is 10.1. The van der Waals surface area contributed by atoms with Crippen molar-refractivity contribution < 1.29 is 14.3 Å². The maximum absolute atomic E-state index is 12.1. The van der Waals surface area contributed by atoms with E-state index in [-0.39, 0.29) is 18.1 Å². The van der Waals surface area contributed by atoms with Gasteiger partial charge in [-0.3, -0.25) is 0 Å². The van der Waals surface area contributed by atoms with E-state index in [1.165, 1.54) is 11.3 Å². The molecule has 2 rings (SSSR count). The number of carbonyl (C=O) groups excluding carboxylic acids is 1. The summed E-state index contributed by atoms with van der Waals surface area (Å²) in [6.07, 6.45) is 0.201. The minimum atomic E-state index is -0.321. The van der Waals surface area contributed by atoms with Gasteiger partial charge < -0.3 is 20.1 Å². The summed E-state index contributed by atoms with van der Waals surface area (Å²) >= 11 is 1.36. The lowest BCUT2D eigenvalue weighted by Gasteiger charge is -2.16. The Morgan fingerprint density at radius 1 is 1.23 bits per heavy atom. The topological polar surface area (TPSA) is 84.8 Å². The quantitative estimate of drug-likeness (QED) is 0.320. The SMILES string of the molecule is CCNC(=NCc1cccc(COC(C)C)c1)NC(C)c1nc(C)c(C(=O)OCC)s1. The van der Waals surface area contributed by atoms with E-state index in [0.29, 0.717) is 36.3 Å². The van der Waals surface area contributed by atoms with Gasteiger partial charge in [-0.25, -0.2) is 14.8 Å². The van der Waals surface area contributed by atoms with Gasteiger partial charge in [-0.05, 0) is 52.7 Å². The minimum Gasteiger partial charge on any atom is -0.462 e. The number of ether oxygens (including phenoxy) is 2. The first-order chi connectivity index (χ1) is 14.8. The van der Waals surface area contributed by atoms with Gasteiger partial charge in [0.1, 0.15) is 9.88 Å². The number of aryl methyl sites for hydroxylation is 1. The summed E-state index contributed by atoms with van der Waals surface area (Å²) in [5.74, 6) is 0.377. The molecule has 0 radical (unpaired) electrons. The van der Waals surface area contributed by atoms with E-state index < -0.39 is 0 Å². The van der Waals surface area contributed by atoms with Crippen LogP contribution in [0.25, 0.3) is 0 Å². The molecule has 0 saturated heterocycles. The van der Waals surface area contributed by atoms with Crippen molar-refractivity contribution in [3.05, 3.63) is 51.0 Å². The lowest BCUT2D eigenvalue weighted by Crippen LogP contribution is -2.38. The molecule has 31 heavy (non-hydrogen) atoms. The molecule has 8 heteroatoms. The van der Waals surface area contributed by atoms with E-state index in [1.807, 2.05) is 40.7 Å². The standard InChI is InChI=1S/C23H34N4O3S/c1-7-24-23(25-13-18-10-9-11-19(12-18)14-30-15(3)4)27-17(6)21-26-16(5)20(31-21)22(28)29-8-2/h9-12,15,17H,7-8,13-14H2,1-6H3,(H2,24,25,27). The molecule has 0 bridgehead atoms. The number of thiazole rings is 1. The van der Waals surface area contributed by atoms with Crippen molar-refractivity contribution in [3.63, 3.8) is 0 Å². The third-order valence-corrected chi connectivity index (χ3v) is 5.66. The third kappa shape index (κ3) is 7.95. The molecule has 2 N–H and O–H groups in total. The van der Waals surface area contributed by atoms with E-state index >= 15 is 0 Å². The molecule has 1 heterocycles. The molecule has 1 unspecified atom stereocenters. The van der Waals surface area contributed by atoms with Crippen LogP contribution in [0.3, 0.4) is 0 Å².